The zero-order valence-electron chi connectivity index (χ0n) is 11.7. The summed E-state index contributed by atoms with van der Waals surface area (Å²) in [6.45, 7) is 7.42. The van der Waals surface area contributed by atoms with E-state index in [1.165, 1.54) is 12.5 Å². The molecule has 2 heteroatoms. The van der Waals surface area contributed by atoms with Crippen molar-refractivity contribution in [1.82, 2.24) is 0 Å². The van der Waals surface area contributed by atoms with Crippen molar-refractivity contribution >= 4 is 5.78 Å². The summed E-state index contributed by atoms with van der Waals surface area (Å²) < 4.78 is 0. The number of hydrogen-bond donors (Lipinski definition) is 1. The lowest BCUT2D eigenvalue weighted by atomic mass is 9.95. The Kier molecular flexibility index (Phi) is 5.14. The quantitative estimate of drug-likeness (QED) is 0.625. The molecule has 0 aliphatic rings. The molecule has 0 heterocycles. The summed E-state index contributed by atoms with van der Waals surface area (Å²) in [5.74, 6) is 0.607. The predicted octanol–water partition coefficient (Wildman–Crippen LogP) is 4.16. The molecule has 1 rings (SSSR count). The molecule has 1 aromatic carbocycles. The van der Waals surface area contributed by atoms with Crippen LogP contribution in [0.3, 0.4) is 0 Å². The molecule has 0 fully saturated rings. The van der Waals surface area contributed by atoms with Crippen LogP contribution in [0.1, 0.15) is 51.2 Å². The minimum Gasteiger partial charge on any atom is -0.512 e. The van der Waals surface area contributed by atoms with Gasteiger partial charge in [0, 0.05) is 12.0 Å². The van der Waals surface area contributed by atoms with Crippen LogP contribution < -0.4 is 0 Å². The van der Waals surface area contributed by atoms with Gasteiger partial charge in [0.2, 0.25) is 0 Å². The Hall–Kier alpha value is -1.57. The second-order valence-electron chi connectivity index (χ2n) is 4.85. The van der Waals surface area contributed by atoms with Gasteiger partial charge in [-0.1, -0.05) is 38.1 Å². The highest BCUT2D eigenvalue weighted by molar-refractivity contribution is 5.94. The van der Waals surface area contributed by atoms with Gasteiger partial charge < -0.3 is 5.11 Å². The summed E-state index contributed by atoms with van der Waals surface area (Å²) in [7, 11) is 0. The molecule has 0 bridgehead atoms. The SMILES string of the molecule is CCC(C)c1ccc(CC(C(C)=O)=C(C)O)cc1. The summed E-state index contributed by atoms with van der Waals surface area (Å²) in [5, 5.41) is 9.48. The van der Waals surface area contributed by atoms with E-state index in [0.717, 1.165) is 12.0 Å². The topological polar surface area (TPSA) is 37.3 Å². The Morgan fingerprint density at radius 3 is 2.17 bits per heavy atom. The summed E-state index contributed by atoms with van der Waals surface area (Å²) >= 11 is 0. The van der Waals surface area contributed by atoms with Crippen LogP contribution in [0.15, 0.2) is 35.6 Å². The second-order valence-corrected chi connectivity index (χ2v) is 4.85. The van der Waals surface area contributed by atoms with Crippen LogP contribution in [0, 0.1) is 0 Å². The lowest BCUT2D eigenvalue weighted by Gasteiger charge is -2.10. The number of aliphatic hydroxyl groups excluding tert-OH is 1. The number of rotatable bonds is 5. The molecular weight excluding hydrogens is 224 g/mol. The lowest BCUT2D eigenvalue weighted by Crippen LogP contribution is -2.04. The van der Waals surface area contributed by atoms with Crippen LogP contribution in [-0.2, 0) is 11.2 Å². The number of allylic oxidation sites excluding steroid dienone is 2. The minimum absolute atomic E-state index is 0.0685. The van der Waals surface area contributed by atoms with Gasteiger partial charge in [-0.3, -0.25) is 4.79 Å². The van der Waals surface area contributed by atoms with Gasteiger partial charge in [0.1, 0.15) is 0 Å². The normalized spacial score (nSPS) is 14.0. The van der Waals surface area contributed by atoms with Gasteiger partial charge in [0.25, 0.3) is 0 Å². The average Bonchev–Trinajstić information content (AvgIpc) is 2.35. The van der Waals surface area contributed by atoms with E-state index < -0.39 is 0 Å². The molecule has 1 aromatic rings. The molecule has 98 valence electrons. The molecule has 0 aromatic heterocycles. The van der Waals surface area contributed by atoms with E-state index in [9.17, 15) is 9.90 Å². The Labute approximate surface area is 109 Å². The van der Waals surface area contributed by atoms with Gasteiger partial charge in [-0.2, -0.15) is 0 Å². The smallest absolute Gasteiger partial charge is 0.159 e. The van der Waals surface area contributed by atoms with Crippen LogP contribution in [0.25, 0.3) is 0 Å². The monoisotopic (exact) mass is 246 g/mol. The summed E-state index contributed by atoms with van der Waals surface area (Å²) in [6, 6.07) is 8.28. The fraction of sp³-hybridized carbons (Fsp3) is 0.438. The van der Waals surface area contributed by atoms with E-state index in [-0.39, 0.29) is 11.5 Å². The highest BCUT2D eigenvalue weighted by atomic mass is 16.3. The molecule has 1 unspecified atom stereocenters. The third-order valence-electron chi connectivity index (χ3n) is 3.40. The maximum atomic E-state index is 11.4. The van der Waals surface area contributed by atoms with Crippen molar-refractivity contribution in [3.05, 3.63) is 46.7 Å². The molecular formula is C16H22O2. The van der Waals surface area contributed by atoms with Gasteiger partial charge in [-0.25, -0.2) is 0 Å². The fourth-order valence-electron chi connectivity index (χ4n) is 1.91. The maximum Gasteiger partial charge on any atom is 0.159 e. The number of hydrogen-bond acceptors (Lipinski definition) is 2. The Morgan fingerprint density at radius 1 is 1.22 bits per heavy atom. The van der Waals surface area contributed by atoms with Gasteiger partial charge >= 0.3 is 0 Å². The zero-order valence-corrected chi connectivity index (χ0v) is 11.7. The first-order chi connectivity index (χ1) is 8.45. The van der Waals surface area contributed by atoms with Gasteiger partial charge in [-0.05, 0) is 37.3 Å². The molecule has 0 saturated heterocycles. The lowest BCUT2D eigenvalue weighted by molar-refractivity contribution is -0.113. The van der Waals surface area contributed by atoms with E-state index in [4.69, 9.17) is 0 Å². The Balaban J connectivity index is 2.87. The number of carbonyl (C=O) groups is 1. The molecule has 0 amide bonds. The number of Topliss-reactive ketones (excluding diaryl/α,β-unsaturated/α-hetero) is 1. The van der Waals surface area contributed by atoms with Crippen molar-refractivity contribution in [3.63, 3.8) is 0 Å². The standard InChI is InChI=1S/C16H22O2/c1-5-11(2)15-8-6-14(7-9-15)10-16(12(3)17)13(4)18/h6-9,11,17H,5,10H2,1-4H3. The number of carbonyl (C=O) groups excluding carboxylic acids is 1. The van der Waals surface area contributed by atoms with Gasteiger partial charge in [0.15, 0.2) is 5.78 Å². The van der Waals surface area contributed by atoms with Crippen LogP contribution in [0.4, 0.5) is 0 Å². The summed E-state index contributed by atoms with van der Waals surface area (Å²) in [6.07, 6.45) is 1.62. The first kappa shape index (κ1) is 14.5. The second kappa shape index (κ2) is 6.39. The molecule has 0 spiro atoms. The molecule has 18 heavy (non-hydrogen) atoms. The Bertz CT molecular complexity index is 437. The van der Waals surface area contributed by atoms with E-state index in [1.807, 2.05) is 12.1 Å². The average molecular weight is 246 g/mol. The van der Waals surface area contributed by atoms with Crippen molar-refractivity contribution in [3.8, 4) is 0 Å². The molecule has 0 saturated carbocycles. The predicted molar refractivity (Wildman–Crippen MR) is 74.9 cm³/mol. The van der Waals surface area contributed by atoms with Crippen LogP contribution >= 0.6 is 0 Å². The largest absolute Gasteiger partial charge is 0.512 e. The third kappa shape index (κ3) is 3.73. The van der Waals surface area contributed by atoms with Crippen molar-refractivity contribution in [2.45, 2.75) is 46.5 Å². The van der Waals surface area contributed by atoms with E-state index in [1.54, 1.807) is 6.92 Å². The van der Waals surface area contributed by atoms with Crippen LogP contribution in [0.2, 0.25) is 0 Å². The molecule has 0 aliphatic heterocycles. The molecule has 1 atom stereocenters. The summed E-state index contributed by atoms with van der Waals surface area (Å²) in [4.78, 5) is 11.4. The third-order valence-corrected chi connectivity index (χ3v) is 3.40. The van der Waals surface area contributed by atoms with Crippen molar-refractivity contribution < 1.29 is 9.90 Å². The summed E-state index contributed by atoms with van der Waals surface area (Å²) in [5.41, 5.74) is 2.86. The van der Waals surface area contributed by atoms with E-state index >= 15 is 0 Å². The maximum absolute atomic E-state index is 11.4. The van der Waals surface area contributed by atoms with E-state index in [2.05, 4.69) is 26.0 Å². The highest BCUT2D eigenvalue weighted by Gasteiger charge is 2.09. The van der Waals surface area contributed by atoms with E-state index in [0.29, 0.717) is 17.9 Å². The van der Waals surface area contributed by atoms with Crippen LogP contribution in [-0.4, -0.2) is 10.9 Å². The first-order valence-corrected chi connectivity index (χ1v) is 6.44. The van der Waals surface area contributed by atoms with Crippen molar-refractivity contribution in [2.75, 3.05) is 0 Å². The first-order valence-electron chi connectivity index (χ1n) is 6.44. The number of ketones is 1. The fourth-order valence-corrected chi connectivity index (χ4v) is 1.91. The molecule has 1 N–H and O–H groups in total. The Morgan fingerprint density at radius 2 is 1.78 bits per heavy atom. The molecule has 0 radical (unpaired) electrons. The molecule has 0 aliphatic carbocycles. The zero-order chi connectivity index (χ0) is 13.7. The van der Waals surface area contributed by atoms with Crippen molar-refractivity contribution in [1.29, 1.82) is 0 Å². The van der Waals surface area contributed by atoms with Gasteiger partial charge in [-0.15, -0.1) is 0 Å². The molecule has 2 nitrogen and oxygen atoms in total. The van der Waals surface area contributed by atoms with Crippen molar-refractivity contribution in [2.24, 2.45) is 0 Å². The van der Waals surface area contributed by atoms with Gasteiger partial charge in [0.05, 0.1) is 5.76 Å². The minimum atomic E-state index is -0.0685. The number of aliphatic hydroxyl groups is 1. The number of benzene rings is 1. The van der Waals surface area contributed by atoms with Crippen LogP contribution in [0.5, 0.6) is 0 Å². The highest BCUT2D eigenvalue weighted by Crippen LogP contribution is 2.20.